The van der Waals surface area contributed by atoms with E-state index in [0.717, 1.165) is 21.3 Å². The van der Waals surface area contributed by atoms with Gasteiger partial charge in [0.25, 0.3) is 0 Å². The average molecular weight is 400 g/mol. The second kappa shape index (κ2) is 7.57. The van der Waals surface area contributed by atoms with Crippen molar-refractivity contribution in [3.05, 3.63) is 58.6 Å². The molecule has 0 aliphatic carbocycles. The Morgan fingerprint density at radius 2 is 1.88 bits per heavy atom. The predicted octanol–water partition coefficient (Wildman–Crippen LogP) is 3.86. The number of carbonyl (C=O) groups excluding carboxylic acids is 1. The molecule has 1 aromatic heterocycles. The summed E-state index contributed by atoms with van der Waals surface area (Å²) in [5.41, 5.74) is 2.76. The SMILES string of the molecule is CC(C)c1ccccc1NC(=O)Cn1nnc(-c2ccc(Br)cc2)n1. The van der Waals surface area contributed by atoms with Crippen molar-refractivity contribution < 1.29 is 4.79 Å². The number of amides is 1. The van der Waals surface area contributed by atoms with Crippen molar-refractivity contribution in [2.75, 3.05) is 5.32 Å². The zero-order chi connectivity index (χ0) is 17.8. The highest BCUT2D eigenvalue weighted by Crippen LogP contribution is 2.23. The van der Waals surface area contributed by atoms with E-state index < -0.39 is 0 Å². The predicted molar refractivity (Wildman–Crippen MR) is 100 cm³/mol. The summed E-state index contributed by atoms with van der Waals surface area (Å²) in [6, 6.07) is 15.4. The van der Waals surface area contributed by atoms with Crippen LogP contribution in [-0.2, 0) is 11.3 Å². The summed E-state index contributed by atoms with van der Waals surface area (Å²) in [7, 11) is 0. The lowest BCUT2D eigenvalue weighted by Gasteiger charge is -2.13. The Morgan fingerprint density at radius 3 is 2.60 bits per heavy atom. The third-order valence-corrected chi connectivity index (χ3v) is 4.23. The summed E-state index contributed by atoms with van der Waals surface area (Å²) in [4.78, 5) is 13.6. The minimum Gasteiger partial charge on any atom is -0.324 e. The molecule has 1 heterocycles. The van der Waals surface area contributed by atoms with Crippen molar-refractivity contribution in [1.29, 1.82) is 0 Å². The lowest BCUT2D eigenvalue weighted by Crippen LogP contribution is -2.21. The van der Waals surface area contributed by atoms with Crippen molar-refractivity contribution >= 4 is 27.5 Å². The molecule has 0 fully saturated rings. The van der Waals surface area contributed by atoms with Crippen molar-refractivity contribution in [3.8, 4) is 11.4 Å². The van der Waals surface area contributed by atoms with E-state index in [1.807, 2.05) is 48.5 Å². The minimum absolute atomic E-state index is 0.00988. The van der Waals surface area contributed by atoms with Gasteiger partial charge in [0.15, 0.2) is 0 Å². The van der Waals surface area contributed by atoms with Gasteiger partial charge >= 0.3 is 0 Å². The fraction of sp³-hybridized carbons (Fsp3) is 0.222. The number of nitrogens with zero attached hydrogens (tertiary/aromatic N) is 4. The monoisotopic (exact) mass is 399 g/mol. The molecule has 0 bridgehead atoms. The molecule has 0 spiro atoms. The maximum absolute atomic E-state index is 12.3. The van der Waals surface area contributed by atoms with Gasteiger partial charge in [-0.1, -0.05) is 48.0 Å². The van der Waals surface area contributed by atoms with Crippen LogP contribution in [0.1, 0.15) is 25.3 Å². The van der Waals surface area contributed by atoms with Gasteiger partial charge in [-0.15, -0.1) is 10.2 Å². The van der Waals surface area contributed by atoms with E-state index >= 15 is 0 Å². The molecule has 0 atom stereocenters. The summed E-state index contributed by atoms with van der Waals surface area (Å²) in [5.74, 6) is 0.626. The van der Waals surface area contributed by atoms with Gasteiger partial charge in [0, 0.05) is 15.7 Å². The van der Waals surface area contributed by atoms with Crippen LogP contribution in [0.2, 0.25) is 0 Å². The topological polar surface area (TPSA) is 72.7 Å². The molecule has 0 radical (unpaired) electrons. The maximum Gasteiger partial charge on any atom is 0.248 e. The summed E-state index contributed by atoms with van der Waals surface area (Å²) < 4.78 is 0.979. The Kier molecular flexibility index (Phi) is 5.23. The molecule has 2 aromatic carbocycles. The molecule has 6 nitrogen and oxygen atoms in total. The molecule has 0 unspecified atom stereocenters. The Hall–Kier alpha value is -2.54. The van der Waals surface area contributed by atoms with Gasteiger partial charge in [0.05, 0.1) is 0 Å². The number of carbonyl (C=O) groups is 1. The summed E-state index contributed by atoms with van der Waals surface area (Å²) >= 11 is 3.39. The van der Waals surface area contributed by atoms with Gasteiger partial charge < -0.3 is 5.32 Å². The number of para-hydroxylation sites is 1. The lowest BCUT2D eigenvalue weighted by atomic mass is 10.0. The average Bonchev–Trinajstić information content (AvgIpc) is 3.04. The first-order valence-corrected chi connectivity index (χ1v) is 8.75. The summed E-state index contributed by atoms with van der Waals surface area (Å²) in [6.07, 6.45) is 0. The molecule has 7 heteroatoms. The van der Waals surface area contributed by atoms with Crippen LogP contribution >= 0.6 is 15.9 Å². The van der Waals surface area contributed by atoms with E-state index in [9.17, 15) is 4.79 Å². The first-order valence-electron chi connectivity index (χ1n) is 7.95. The van der Waals surface area contributed by atoms with Gasteiger partial charge in [-0.25, -0.2) is 0 Å². The lowest BCUT2D eigenvalue weighted by molar-refractivity contribution is -0.117. The Morgan fingerprint density at radius 1 is 1.16 bits per heavy atom. The second-order valence-electron chi connectivity index (χ2n) is 5.94. The highest BCUT2D eigenvalue weighted by molar-refractivity contribution is 9.10. The number of rotatable bonds is 5. The molecule has 1 amide bonds. The van der Waals surface area contributed by atoms with Crippen LogP contribution in [-0.4, -0.2) is 26.1 Å². The summed E-state index contributed by atoms with van der Waals surface area (Å²) in [5, 5.41) is 15.2. The first-order chi connectivity index (χ1) is 12.0. The normalized spacial score (nSPS) is 10.9. The maximum atomic E-state index is 12.3. The Balaban J connectivity index is 1.69. The van der Waals surface area contributed by atoms with Crippen molar-refractivity contribution in [1.82, 2.24) is 20.2 Å². The quantitative estimate of drug-likeness (QED) is 0.706. The van der Waals surface area contributed by atoms with E-state index in [0.29, 0.717) is 11.7 Å². The van der Waals surface area contributed by atoms with E-state index in [4.69, 9.17) is 0 Å². The van der Waals surface area contributed by atoms with Crippen LogP contribution in [0.25, 0.3) is 11.4 Å². The molecule has 1 N–H and O–H groups in total. The molecule has 0 saturated heterocycles. The number of hydrogen-bond acceptors (Lipinski definition) is 4. The van der Waals surface area contributed by atoms with Crippen LogP contribution in [0, 0.1) is 0 Å². The van der Waals surface area contributed by atoms with Gasteiger partial charge in [-0.2, -0.15) is 4.80 Å². The van der Waals surface area contributed by atoms with Gasteiger partial charge in [-0.3, -0.25) is 4.79 Å². The molecular weight excluding hydrogens is 382 g/mol. The molecule has 3 rings (SSSR count). The second-order valence-corrected chi connectivity index (χ2v) is 6.86. The van der Waals surface area contributed by atoms with E-state index in [1.54, 1.807) is 0 Å². The van der Waals surface area contributed by atoms with Crippen molar-refractivity contribution in [2.24, 2.45) is 0 Å². The fourth-order valence-corrected chi connectivity index (χ4v) is 2.72. The molecule has 128 valence electrons. The van der Waals surface area contributed by atoms with E-state index in [-0.39, 0.29) is 12.5 Å². The van der Waals surface area contributed by atoms with E-state index in [2.05, 4.69) is 50.5 Å². The molecule has 0 saturated carbocycles. The van der Waals surface area contributed by atoms with Crippen LogP contribution in [0.5, 0.6) is 0 Å². The zero-order valence-electron chi connectivity index (χ0n) is 14.0. The largest absolute Gasteiger partial charge is 0.324 e. The number of halogens is 1. The first kappa shape index (κ1) is 17.3. The zero-order valence-corrected chi connectivity index (χ0v) is 15.6. The van der Waals surface area contributed by atoms with E-state index in [1.165, 1.54) is 4.80 Å². The van der Waals surface area contributed by atoms with Crippen molar-refractivity contribution in [3.63, 3.8) is 0 Å². The van der Waals surface area contributed by atoms with Crippen LogP contribution < -0.4 is 5.32 Å². The molecule has 0 aliphatic rings. The van der Waals surface area contributed by atoms with Gasteiger partial charge in [0.1, 0.15) is 6.54 Å². The highest BCUT2D eigenvalue weighted by atomic mass is 79.9. The molecular formula is C18H18BrN5O. The number of nitrogens with one attached hydrogen (secondary N) is 1. The Labute approximate surface area is 154 Å². The highest BCUT2D eigenvalue weighted by Gasteiger charge is 2.12. The third kappa shape index (κ3) is 4.30. The number of aromatic nitrogens is 4. The molecule has 0 aliphatic heterocycles. The van der Waals surface area contributed by atoms with Gasteiger partial charge in [-0.05, 0) is 47.0 Å². The minimum atomic E-state index is -0.187. The molecule has 25 heavy (non-hydrogen) atoms. The number of anilines is 1. The van der Waals surface area contributed by atoms with Crippen LogP contribution in [0.4, 0.5) is 5.69 Å². The Bertz CT molecular complexity index is 873. The number of hydrogen-bond donors (Lipinski definition) is 1. The standard InChI is InChI=1S/C18H18BrN5O/c1-12(2)15-5-3-4-6-16(15)20-17(25)11-24-22-18(21-23-24)13-7-9-14(19)10-8-13/h3-10,12H,11H2,1-2H3,(H,20,25). The summed E-state index contributed by atoms with van der Waals surface area (Å²) in [6.45, 7) is 4.19. The van der Waals surface area contributed by atoms with Crippen LogP contribution in [0.15, 0.2) is 53.0 Å². The van der Waals surface area contributed by atoms with Gasteiger partial charge in [0.2, 0.25) is 11.7 Å². The number of tetrazole rings is 1. The fourth-order valence-electron chi connectivity index (χ4n) is 2.46. The smallest absolute Gasteiger partial charge is 0.248 e. The van der Waals surface area contributed by atoms with Crippen LogP contribution in [0.3, 0.4) is 0 Å². The third-order valence-electron chi connectivity index (χ3n) is 3.70. The van der Waals surface area contributed by atoms with Crippen molar-refractivity contribution in [2.45, 2.75) is 26.3 Å². The molecule has 3 aromatic rings. The number of benzene rings is 2.